The number of esters is 2. The van der Waals surface area contributed by atoms with Gasteiger partial charge in [0.05, 0.1) is 13.2 Å². The summed E-state index contributed by atoms with van der Waals surface area (Å²) in [6.07, 6.45) is 27.6. The van der Waals surface area contributed by atoms with Crippen LogP contribution in [0.3, 0.4) is 0 Å². The monoisotopic (exact) mass is 510 g/mol. The van der Waals surface area contributed by atoms with Crippen LogP contribution in [-0.2, 0) is 19.1 Å². The van der Waals surface area contributed by atoms with Crippen molar-refractivity contribution in [3.05, 3.63) is 0 Å². The minimum Gasteiger partial charge on any atom is -0.466 e. The number of rotatable bonds is 28. The minimum atomic E-state index is -0.0240. The molecule has 0 aromatic carbocycles. The summed E-state index contributed by atoms with van der Waals surface area (Å²) in [7, 11) is 0. The fraction of sp³-hybridized carbons (Fsp3) is 0.938. The van der Waals surface area contributed by atoms with Crippen molar-refractivity contribution in [2.45, 2.75) is 175 Å². The van der Waals surface area contributed by atoms with Gasteiger partial charge in [0.2, 0.25) is 0 Å². The zero-order chi connectivity index (χ0) is 26.5. The standard InChI is InChI=1S/C32H62O4/c1-4-5-6-7-8-13-18-23-28-35-31(33)26-21-16-11-9-10-12-17-22-27-32(34)36-29-24-19-14-15-20-25-30(2)3/h30H,4-29H2,1-3H3. The van der Waals surface area contributed by atoms with Gasteiger partial charge in [-0.15, -0.1) is 0 Å². The van der Waals surface area contributed by atoms with Crippen LogP contribution in [0.2, 0.25) is 0 Å². The van der Waals surface area contributed by atoms with E-state index in [-0.39, 0.29) is 11.9 Å². The molecule has 0 heterocycles. The molecule has 0 aliphatic heterocycles. The molecule has 0 rings (SSSR count). The van der Waals surface area contributed by atoms with Crippen molar-refractivity contribution in [2.24, 2.45) is 5.92 Å². The van der Waals surface area contributed by atoms with Crippen molar-refractivity contribution in [3.8, 4) is 0 Å². The van der Waals surface area contributed by atoms with Crippen molar-refractivity contribution in [3.63, 3.8) is 0 Å². The average molecular weight is 511 g/mol. The normalized spacial score (nSPS) is 11.2. The molecule has 0 radical (unpaired) electrons. The van der Waals surface area contributed by atoms with E-state index in [9.17, 15) is 9.59 Å². The Morgan fingerprint density at radius 2 is 0.806 bits per heavy atom. The molecule has 4 heteroatoms. The van der Waals surface area contributed by atoms with Gasteiger partial charge >= 0.3 is 11.9 Å². The van der Waals surface area contributed by atoms with Crippen LogP contribution in [0.15, 0.2) is 0 Å². The van der Waals surface area contributed by atoms with Crippen molar-refractivity contribution < 1.29 is 19.1 Å². The first kappa shape index (κ1) is 34.9. The van der Waals surface area contributed by atoms with Gasteiger partial charge in [-0.05, 0) is 31.6 Å². The average Bonchev–Trinajstić information content (AvgIpc) is 2.85. The topological polar surface area (TPSA) is 52.6 Å². The van der Waals surface area contributed by atoms with Crippen LogP contribution >= 0.6 is 0 Å². The minimum absolute atomic E-state index is 0.0218. The number of unbranched alkanes of at least 4 members (excludes halogenated alkanes) is 18. The van der Waals surface area contributed by atoms with E-state index in [4.69, 9.17) is 9.47 Å². The number of hydrogen-bond donors (Lipinski definition) is 0. The summed E-state index contributed by atoms with van der Waals surface area (Å²) >= 11 is 0. The third-order valence-electron chi connectivity index (χ3n) is 6.96. The highest BCUT2D eigenvalue weighted by molar-refractivity contribution is 5.69. The second-order valence-corrected chi connectivity index (χ2v) is 11.2. The maximum Gasteiger partial charge on any atom is 0.305 e. The molecular weight excluding hydrogens is 448 g/mol. The quantitative estimate of drug-likeness (QED) is 0.0776. The van der Waals surface area contributed by atoms with E-state index >= 15 is 0 Å². The Bertz CT molecular complexity index is 475. The molecule has 0 atom stereocenters. The molecule has 0 spiro atoms. The van der Waals surface area contributed by atoms with Crippen LogP contribution in [0.4, 0.5) is 0 Å². The molecule has 0 aliphatic carbocycles. The molecule has 0 aromatic heterocycles. The summed E-state index contributed by atoms with van der Waals surface area (Å²) in [6.45, 7) is 8.00. The highest BCUT2D eigenvalue weighted by Crippen LogP contribution is 2.13. The molecule has 214 valence electrons. The van der Waals surface area contributed by atoms with Gasteiger partial charge in [0.1, 0.15) is 0 Å². The largest absolute Gasteiger partial charge is 0.466 e. The zero-order valence-corrected chi connectivity index (χ0v) is 24.6. The summed E-state index contributed by atoms with van der Waals surface area (Å²) in [6, 6.07) is 0. The van der Waals surface area contributed by atoms with Crippen molar-refractivity contribution in [1.29, 1.82) is 0 Å². The van der Waals surface area contributed by atoms with E-state index in [1.165, 1.54) is 103 Å². The Kier molecular flexibility index (Phi) is 27.7. The molecule has 0 saturated heterocycles. The lowest BCUT2D eigenvalue weighted by Gasteiger charge is -2.06. The number of hydrogen-bond acceptors (Lipinski definition) is 4. The van der Waals surface area contributed by atoms with Crippen molar-refractivity contribution >= 4 is 11.9 Å². The highest BCUT2D eigenvalue weighted by Gasteiger charge is 2.04. The van der Waals surface area contributed by atoms with Gasteiger partial charge < -0.3 is 9.47 Å². The van der Waals surface area contributed by atoms with Crippen molar-refractivity contribution in [2.75, 3.05) is 13.2 Å². The maximum absolute atomic E-state index is 11.8. The molecular formula is C32H62O4. The SMILES string of the molecule is CCCCCCCCCCOC(=O)CCCCCCCCCCC(=O)OCCCCCCCC(C)C. The molecule has 0 unspecified atom stereocenters. The third-order valence-corrected chi connectivity index (χ3v) is 6.96. The van der Waals surface area contributed by atoms with Gasteiger partial charge in [0, 0.05) is 12.8 Å². The lowest BCUT2D eigenvalue weighted by atomic mass is 10.0. The highest BCUT2D eigenvalue weighted by atomic mass is 16.5. The van der Waals surface area contributed by atoms with Gasteiger partial charge in [-0.2, -0.15) is 0 Å². The molecule has 4 nitrogen and oxygen atoms in total. The van der Waals surface area contributed by atoms with Crippen molar-refractivity contribution in [1.82, 2.24) is 0 Å². The first-order valence-corrected chi connectivity index (χ1v) is 15.9. The summed E-state index contributed by atoms with van der Waals surface area (Å²) in [5, 5.41) is 0. The molecule has 0 fully saturated rings. The van der Waals surface area contributed by atoms with Gasteiger partial charge in [-0.1, -0.05) is 136 Å². The van der Waals surface area contributed by atoms with Gasteiger partial charge in [-0.3, -0.25) is 9.59 Å². The second kappa shape index (κ2) is 28.5. The Labute approximate surface area is 225 Å². The fourth-order valence-corrected chi connectivity index (χ4v) is 4.54. The maximum atomic E-state index is 11.8. The molecule has 0 amide bonds. The Hall–Kier alpha value is -1.06. The molecule has 0 aliphatic rings. The third kappa shape index (κ3) is 29.2. The predicted molar refractivity (Wildman–Crippen MR) is 153 cm³/mol. The smallest absolute Gasteiger partial charge is 0.305 e. The van der Waals surface area contributed by atoms with E-state index in [2.05, 4.69) is 20.8 Å². The summed E-state index contributed by atoms with van der Waals surface area (Å²) < 4.78 is 10.7. The van der Waals surface area contributed by atoms with Crippen LogP contribution < -0.4 is 0 Å². The Morgan fingerprint density at radius 1 is 0.472 bits per heavy atom. The molecule has 36 heavy (non-hydrogen) atoms. The number of carbonyl (C=O) groups excluding carboxylic acids is 2. The van der Waals surface area contributed by atoms with E-state index in [0.717, 1.165) is 44.4 Å². The first-order chi connectivity index (χ1) is 17.6. The zero-order valence-electron chi connectivity index (χ0n) is 24.6. The second-order valence-electron chi connectivity index (χ2n) is 11.2. The van der Waals surface area contributed by atoms with E-state index in [0.29, 0.717) is 26.1 Å². The van der Waals surface area contributed by atoms with E-state index in [1.807, 2.05) is 0 Å². The van der Waals surface area contributed by atoms with Crippen LogP contribution in [0.25, 0.3) is 0 Å². The number of carbonyl (C=O) groups is 2. The lowest BCUT2D eigenvalue weighted by molar-refractivity contribution is -0.144. The Morgan fingerprint density at radius 3 is 1.19 bits per heavy atom. The van der Waals surface area contributed by atoms with Gasteiger partial charge in [-0.25, -0.2) is 0 Å². The van der Waals surface area contributed by atoms with Gasteiger partial charge in [0.15, 0.2) is 0 Å². The molecule has 0 aromatic rings. The fourth-order valence-electron chi connectivity index (χ4n) is 4.54. The Balaban J connectivity index is 3.25. The van der Waals surface area contributed by atoms with Gasteiger partial charge in [0.25, 0.3) is 0 Å². The lowest BCUT2D eigenvalue weighted by Crippen LogP contribution is -2.05. The first-order valence-electron chi connectivity index (χ1n) is 15.9. The van der Waals surface area contributed by atoms with Crippen LogP contribution in [0.1, 0.15) is 175 Å². The number of ether oxygens (including phenoxy) is 2. The summed E-state index contributed by atoms with van der Waals surface area (Å²) in [5.74, 6) is 0.762. The molecule has 0 saturated carbocycles. The van der Waals surface area contributed by atoms with E-state index < -0.39 is 0 Å². The molecule has 0 N–H and O–H groups in total. The summed E-state index contributed by atoms with van der Waals surface area (Å²) in [4.78, 5) is 23.6. The van der Waals surface area contributed by atoms with Crippen LogP contribution in [-0.4, -0.2) is 25.2 Å². The van der Waals surface area contributed by atoms with E-state index in [1.54, 1.807) is 0 Å². The predicted octanol–water partition coefficient (Wildman–Crippen LogP) is 10.1. The van der Waals surface area contributed by atoms with Crippen LogP contribution in [0, 0.1) is 5.92 Å². The van der Waals surface area contributed by atoms with Crippen LogP contribution in [0.5, 0.6) is 0 Å². The summed E-state index contributed by atoms with van der Waals surface area (Å²) in [5.41, 5.74) is 0. The molecule has 0 bridgehead atoms.